The maximum Gasteiger partial charge on any atom is 0.343 e. The van der Waals surface area contributed by atoms with Crippen LogP contribution >= 0.6 is 0 Å². The second-order valence-electron chi connectivity index (χ2n) is 7.87. The molecule has 118 valence electrons. The molecule has 0 aromatic heterocycles. The van der Waals surface area contributed by atoms with Crippen LogP contribution in [0.1, 0.15) is 60.3 Å². The molecule has 0 amide bonds. The van der Waals surface area contributed by atoms with Gasteiger partial charge in [-0.05, 0) is 51.5 Å². The van der Waals surface area contributed by atoms with Crippen molar-refractivity contribution < 1.29 is 13.6 Å². The minimum absolute atomic E-state index is 0.111. The lowest BCUT2D eigenvalue weighted by molar-refractivity contribution is -0.173. The Labute approximate surface area is 125 Å². The van der Waals surface area contributed by atoms with Crippen LogP contribution in [0, 0.1) is 5.92 Å². The molecule has 2 bridgehead atoms. The van der Waals surface area contributed by atoms with Crippen LogP contribution in [-0.4, -0.2) is 34.0 Å². The summed E-state index contributed by atoms with van der Waals surface area (Å²) in [6, 6.07) is 1.11. The van der Waals surface area contributed by atoms with E-state index in [0.717, 1.165) is 12.0 Å². The van der Waals surface area contributed by atoms with Gasteiger partial charge in [0, 0.05) is 18.3 Å². The standard InChI is InChI=1S/C16H32O3Si/c1-12(2)19-20(17-6,16(3,4)5)8-7-13-9-14-11-15(10-13)18-14/h12-15H,7-11H2,1-6H3. The maximum absolute atomic E-state index is 6.37. The van der Waals surface area contributed by atoms with E-state index in [1.54, 1.807) is 0 Å². The van der Waals surface area contributed by atoms with E-state index in [9.17, 15) is 0 Å². The van der Waals surface area contributed by atoms with Crippen LogP contribution in [-0.2, 0) is 13.6 Å². The maximum atomic E-state index is 6.37. The quantitative estimate of drug-likeness (QED) is 0.686. The largest absolute Gasteiger partial charge is 0.397 e. The third-order valence-electron chi connectivity index (χ3n) is 4.88. The topological polar surface area (TPSA) is 27.7 Å². The second-order valence-corrected chi connectivity index (χ2v) is 12.0. The van der Waals surface area contributed by atoms with Crippen LogP contribution in [0.3, 0.4) is 0 Å². The highest BCUT2D eigenvalue weighted by atomic mass is 28.4. The Morgan fingerprint density at radius 3 is 2.10 bits per heavy atom. The predicted molar refractivity (Wildman–Crippen MR) is 84.1 cm³/mol. The number of ether oxygens (including phenoxy) is 1. The van der Waals surface area contributed by atoms with Gasteiger partial charge in [0.25, 0.3) is 0 Å². The zero-order chi connectivity index (χ0) is 15.0. The van der Waals surface area contributed by atoms with Gasteiger partial charge in [-0.1, -0.05) is 20.8 Å². The smallest absolute Gasteiger partial charge is 0.343 e. The molecule has 0 aromatic carbocycles. The molecule has 3 aliphatic rings. The molecule has 3 rings (SSSR count). The predicted octanol–water partition coefficient (Wildman–Crippen LogP) is 4.26. The second kappa shape index (κ2) is 6.07. The molecule has 0 radical (unpaired) electrons. The molecule has 20 heavy (non-hydrogen) atoms. The molecule has 3 nitrogen and oxygen atoms in total. The zero-order valence-electron chi connectivity index (χ0n) is 14.1. The lowest BCUT2D eigenvalue weighted by Crippen LogP contribution is -2.52. The van der Waals surface area contributed by atoms with E-state index in [-0.39, 0.29) is 11.1 Å². The monoisotopic (exact) mass is 300 g/mol. The summed E-state index contributed by atoms with van der Waals surface area (Å²) in [5.74, 6) is 0.813. The number of hydrogen-bond acceptors (Lipinski definition) is 3. The summed E-state index contributed by atoms with van der Waals surface area (Å²) in [5.41, 5.74) is 0. The van der Waals surface area contributed by atoms with Crippen molar-refractivity contribution in [2.45, 2.75) is 89.7 Å². The Kier molecular flexibility index (Phi) is 5.00. The van der Waals surface area contributed by atoms with Gasteiger partial charge in [0.1, 0.15) is 0 Å². The molecule has 3 unspecified atom stereocenters. The van der Waals surface area contributed by atoms with E-state index in [1.807, 2.05) is 7.11 Å². The fourth-order valence-electron chi connectivity index (χ4n) is 3.78. The van der Waals surface area contributed by atoms with Gasteiger partial charge >= 0.3 is 8.56 Å². The Balaban J connectivity index is 1.96. The summed E-state index contributed by atoms with van der Waals surface area (Å²) in [5, 5.41) is 0.111. The van der Waals surface area contributed by atoms with E-state index in [2.05, 4.69) is 34.6 Å². The Bertz CT molecular complexity index is 310. The summed E-state index contributed by atoms with van der Waals surface area (Å²) in [4.78, 5) is 0. The molecule has 3 atom stereocenters. The molecule has 0 N–H and O–H groups in total. The summed E-state index contributed by atoms with van der Waals surface area (Å²) < 4.78 is 18.1. The first-order valence-electron chi connectivity index (χ1n) is 8.14. The average Bonchev–Trinajstić information content (AvgIpc) is 2.32. The zero-order valence-corrected chi connectivity index (χ0v) is 15.1. The van der Waals surface area contributed by atoms with Crippen LogP contribution in [0.2, 0.25) is 11.1 Å². The molecule has 0 aromatic rings. The van der Waals surface area contributed by atoms with Crippen LogP contribution in [0.5, 0.6) is 0 Å². The van der Waals surface area contributed by atoms with Crippen molar-refractivity contribution in [3.05, 3.63) is 0 Å². The van der Waals surface area contributed by atoms with Gasteiger partial charge in [0.2, 0.25) is 0 Å². The normalized spacial score (nSPS) is 32.9. The van der Waals surface area contributed by atoms with E-state index >= 15 is 0 Å². The molecule has 4 heteroatoms. The SMILES string of the molecule is CO[Si](CCC1CC2CC(C1)O2)(OC(C)C)C(C)(C)C. The van der Waals surface area contributed by atoms with E-state index < -0.39 is 8.56 Å². The molecule has 2 saturated heterocycles. The fourth-order valence-corrected chi connectivity index (χ4v) is 7.46. The van der Waals surface area contributed by atoms with E-state index in [4.69, 9.17) is 13.6 Å². The minimum atomic E-state index is -2.17. The number of fused-ring (bicyclic) bond motifs is 2. The Hall–Kier alpha value is 0.0969. The average molecular weight is 301 g/mol. The molecule has 3 fully saturated rings. The molecular formula is C16H32O3Si. The number of rotatable bonds is 6. The summed E-state index contributed by atoms with van der Waals surface area (Å²) >= 11 is 0. The summed E-state index contributed by atoms with van der Waals surface area (Å²) in [6.07, 6.45) is 6.37. The van der Waals surface area contributed by atoms with Crippen molar-refractivity contribution in [1.82, 2.24) is 0 Å². The first-order valence-corrected chi connectivity index (χ1v) is 10.2. The van der Waals surface area contributed by atoms with Crippen molar-refractivity contribution in [3.8, 4) is 0 Å². The van der Waals surface area contributed by atoms with E-state index in [0.29, 0.717) is 12.2 Å². The number of hydrogen-bond donors (Lipinski definition) is 0. The van der Waals surface area contributed by atoms with Gasteiger partial charge < -0.3 is 13.6 Å². The highest BCUT2D eigenvalue weighted by Gasteiger charge is 2.50. The molecule has 1 aliphatic carbocycles. The van der Waals surface area contributed by atoms with Crippen molar-refractivity contribution in [2.24, 2.45) is 5.92 Å². The third kappa shape index (κ3) is 3.46. The van der Waals surface area contributed by atoms with Crippen LogP contribution < -0.4 is 0 Å². The highest BCUT2D eigenvalue weighted by Crippen LogP contribution is 2.45. The van der Waals surface area contributed by atoms with Crippen LogP contribution in [0.4, 0.5) is 0 Å². The molecule has 1 saturated carbocycles. The van der Waals surface area contributed by atoms with Crippen molar-refractivity contribution in [1.29, 1.82) is 0 Å². The Morgan fingerprint density at radius 1 is 1.15 bits per heavy atom. The lowest BCUT2D eigenvalue weighted by atomic mass is 9.79. The molecular weight excluding hydrogens is 268 g/mol. The van der Waals surface area contributed by atoms with Crippen molar-refractivity contribution in [2.75, 3.05) is 7.11 Å². The van der Waals surface area contributed by atoms with Crippen LogP contribution in [0.15, 0.2) is 0 Å². The van der Waals surface area contributed by atoms with E-state index in [1.165, 1.54) is 25.7 Å². The van der Waals surface area contributed by atoms with Gasteiger partial charge in [-0.25, -0.2) is 0 Å². The third-order valence-corrected chi connectivity index (χ3v) is 9.63. The van der Waals surface area contributed by atoms with Gasteiger partial charge in [0.15, 0.2) is 0 Å². The first kappa shape index (κ1) is 16.5. The highest BCUT2D eigenvalue weighted by molar-refractivity contribution is 6.70. The summed E-state index contributed by atoms with van der Waals surface area (Å²) in [7, 11) is -0.318. The lowest BCUT2D eigenvalue weighted by Gasteiger charge is -2.47. The first-order chi connectivity index (χ1) is 9.25. The van der Waals surface area contributed by atoms with Gasteiger partial charge in [-0.15, -0.1) is 0 Å². The minimum Gasteiger partial charge on any atom is -0.397 e. The molecule has 0 spiro atoms. The molecule has 2 aliphatic heterocycles. The molecule has 2 heterocycles. The fraction of sp³-hybridized carbons (Fsp3) is 1.00. The van der Waals surface area contributed by atoms with Gasteiger partial charge in [-0.3, -0.25) is 0 Å². The van der Waals surface area contributed by atoms with Gasteiger partial charge in [-0.2, -0.15) is 0 Å². The Morgan fingerprint density at radius 2 is 1.70 bits per heavy atom. The summed E-state index contributed by atoms with van der Waals surface area (Å²) in [6.45, 7) is 11.1. The van der Waals surface area contributed by atoms with Gasteiger partial charge in [0.05, 0.1) is 12.2 Å². The van der Waals surface area contributed by atoms with Crippen molar-refractivity contribution >= 4 is 8.56 Å². The van der Waals surface area contributed by atoms with Crippen LogP contribution in [0.25, 0.3) is 0 Å². The van der Waals surface area contributed by atoms with Crippen molar-refractivity contribution in [3.63, 3.8) is 0 Å².